The summed E-state index contributed by atoms with van der Waals surface area (Å²) in [4.78, 5) is 43.2. The lowest BCUT2D eigenvalue weighted by molar-refractivity contribution is -0.146. The lowest BCUT2D eigenvalue weighted by Crippen LogP contribution is -2.49. The van der Waals surface area contributed by atoms with Crippen molar-refractivity contribution in [3.05, 3.63) is 21.9 Å². The van der Waals surface area contributed by atoms with Crippen molar-refractivity contribution in [3.63, 3.8) is 0 Å². The minimum atomic E-state index is -0.422. The van der Waals surface area contributed by atoms with Crippen molar-refractivity contribution in [2.24, 2.45) is 0 Å². The Morgan fingerprint density at radius 3 is 2.50 bits per heavy atom. The number of nitrogens with zero attached hydrogens (tertiary/aromatic N) is 1. The molecule has 2 atom stereocenters. The number of amides is 2. The van der Waals surface area contributed by atoms with Gasteiger partial charge in [0.1, 0.15) is 11.8 Å². The van der Waals surface area contributed by atoms with Gasteiger partial charge in [-0.25, -0.2) is 4.79 Å². The third kappa shape index (κ3) is 3.70. The summed E-state index contributed by atoms with van der Waals surface area (Å²) in [6.07, 6.45) is 3.71. The number of aromatic amines is 2. The van der Waals surface area contributed by atoms with E-state index in [1.165, 1.54) is 0 Å². The molecular formula is C18H28N4O4. The number of imidazole rings is 1. The molecule has 144 valence electrons. The molecule has 2 heterocycles. The van der Waals surface area contributed by atoms with Crippen LogP contribution in [0.2, 0.25) is 0 Å². The summed E-state index contributed by atoms with van der Waals surface area (Å²) in [6.45, 7) is 6.22. The summed E-state index contributed by atoms with van der Waals surface area (Å²) >= 11 is 0. The second kappa shape index (κ2) is 6.57. The zero-order valence-corrected chi connectivity index (χ0v) is 15.9. The van der Waals surface area contributed by atoms with Gasteiger partial charge in [-0.05, 0) is 46.0 Å². The number of nitrogens with one attached hydrogen (secondary N) is 3. The fraction of sp³-hybridized carbons (Fsp3) is 0.722. The van der Waals surface area contributed by atoms with Gasteiger partial charge in [-0.2, -0.15) is 0 Å². The monoisotopic (exact) mass is 364 g/mol. The Balaban J connectivity index is 1.59. The van der Waals surface area contributed by atoms with Crippen LogP contribution in [0.25, 0.3) is 0 Å². The van der Waals surface area contributed by atoms with E-state index >= 15 is 0 Å². The molecule has 2 aliphatic rings. The van der Waals surface area contributed by atoms with E-state index in [1.54, 1.807) is 18.9 Å². The number of carbonyl (C=O) groups excluding carboxylic acids is 2. The number of aryl methyl sites for hydroxylation is 1. The molecule has 2 amide bonds. The number of H-pyrrole nitrogens is 2. The highest BCUT2D eigenvalue weighted by atomic mass is 16.5. The fourth-order valence-electron chi connectivity index (χ4n) is 3.58. The predicted molar refractivity (Wildman–Crippen MR) is 96.0 cm³/mol. The molecule has 0 bridgehead atoms. The quantitative estimate of drug-likeness (QED) is 0.702. The van der Waals surface area contributed by atoms with Crippen LogP contribution in [0.3, 0.4) is 0 Å². The molecule has 8 heteroatoms. The maximum Gasteiger partial charge on any atom is 0.323 e. The lowest BCUT2D eigenvalue weighted by atomic mass is 9.99. The van der Waals surface area contributed by atoms with E-state index in [1.807, 2.05) is 6.92 Å². The van der Waals surface area contributed by atoms with Crippen molar-refractivity contribution in [2.75, 3.05) is 13.6 Å². The van der Waals surface area contributed by atoms with Crippen LogP contribution in [0.5, 0.6) is 0 Å². The highest BCUT2D eigenvalue weighted by Crippen LogP contribution is 2.38. The number of ether oxygens (including phenoxy) is 1. The minimum Gasteiger partial charge on any atom is -0.362 e. The number of aromatic nitrogens is 2. The largest absolute Gasteiger partial charge is 0.362 e. The van der Waals surface area contributed by atoms with Crippen LogP contribution in [0, 0.1) is 6.92 Å². The summed E-state index contributed by atoms with van der Waals surface area (Å²) < 4.78 is 5.96. The number of hydrogen-bond donors (Lipinski definition) is 3. The first-order chi connectivity index (χ1) is 12.2. The van der Waals surface area contributed by atoms with E-state index in [9.17, 15) is 14.4 Å². The summed E-state index contributed by atoms with van der Waals surface area (Å²) in [7, 11) is 1.75. The third-order valence-electron chi connectivity index (χ3n) is 5.68. The average molecular weight is 364 g/mol. The van der Waals surface area contributed by atoms with Crippen LogP contribution in [0.4, 0.5) is 0 Å². The van der Waals surface area contributed by atoms with E-state index in [0.717, 1.165) is 32.1 Å². The molecule has 26 heavy (non-hydrogen) atoms. The molecule has 0 spiro atoms. The van der Waals surface area contributed by atoms with Gasteiger partial charge in [0, 0.05) is 19.3 Å². The molecule has 2 fully saturated rings. The SMILES string of the molecule is CCC1(C)CCC(C(=O)N(C)CC2(NC(=O)c3[nH]c(=O)[nH]c3C)CC2)O1. The Kier molecular flexibility index (Phi) is 4.72. The summed E-state index contributed by atoms with van der Waals surface area (Å²) in [6, 6.07) is 0. The molecule has 1 aliphatic heterocycles. The van der Waals surface area contributed by atoms with Crippen molar-refractivity contribution in [2.45, 2.75) is 70.1 Å². The first kappa shape index (κ1) is 18.7. The molecule has 1 saturated carbocycles. The van der Waals surface area contributed by atoms with Crippen LogP contribution in [0.1, 0.15) is 62.1 Å². The minimum absolute atomic E-state index is 0.0334. The normalized spacial score (nSPS) is 26.5. The van der Waals surface area contributed by atoms with Gasteiger partial charge in [-0.3, -0.25) is 9.59 Å². The highest BCUT2D eigenvalue weighted by Gasteiger charge is 2.47. The van der Waals surface area contributed by atoms with Gasteiger partial charge in [0.2, 0.25) is 0 Å². The van der Waals surface area contributed by atoms with E-state index in [2.05, 4.69) is 22.2 Å². The van der Waals surface area contributed by atoms with E-state index in [0.29, 0.717) is 12.2 Å². The van der Waals surface area contributed by atoms with Crippen molar-refractivity contribution >= 4 is 11.8 Å². The number of carbonyl (C=O) groups is 2. The van der Waals surface area contributed by atoms with Gasteiger partial charge in [0.25, 0.3) is 11.8 Å². The van der Waals surface area contributed by atoms with E-state index < -0.39 is 17.3 Å². The van der Waals surface area contributed by atoms with Crippen molar-refractivity contribution in [1.82, 2.24) is 20.2 Å². The van der Waals surface area contributed by atoms with Crippen LogP contribution >= 0.6 is 0 Å². The van der Waals surface area contributed by atoms with Crippen molar-refractivity contribution in [3.8, 4) is 0 Å². The first-order valence-electron chi connectivity index (χ1n) is 9.21. The third-order valence-corrected chi connectivity index (χ3v) is 5.68. The van der Waals surface area contributed by atoms with Crippen LogP contribution < -0.4 is 11.0 Å². The molecule has 8 nitrogen and oxygen atoms in total. The molecule has 0 aromatic carbocycles. The molecule has 1 aromatic rings. The second-order valence-corrected chi connectivity index (χ2v) is 7.96. The summed E-state index contributed by atoms with van der Waals surface area (Å²) in [5, 5.41) is 2.98. The average Bonchev–Trinajstić information content (AvgIpc) is 3.06. The maximum atomic E-state index is 12.7. The maximum absolute atomic E-state index is 12.7. The number of likely N-dealkylation sites (N-methyl/N-ethyl adjacent to an activating group) is 1. The zero-order valence-electron chi connectivity index (χ0n) is 15.9. The van der Waals surface area contributed by atoms with Gasteiger partial charge in [0.15, 0.2) is 0 Å². The highest BCUT2D eigenvalue weighted by molar-refractivity contribution is 5.94. The topological polar surface area (TPSA) is 107 Å². The van der Waals surface area contributed by atoms with Crippen LogP contribution in [-0.2, 0) is 9.53 Å². The first-order valence-corrected chi connectivity index (χ1v) is 9.21. The zero-order chi connectivity index (χ0) is 19.1. The molecule has 0 radical (unpaired) electrons. The predicted octanol–water partition coefficient (Wildman–Crippen LogP) is 1.08. The van der Waals surface area contributed by atoms with Gasteiger partial charge < -0.3 is 24.9 Å². The standard InChI is InChI=1S/C18H28N4O4/c1-5-17(3)7-6-12(26-17)15(24)22(4)10-18(8-9-18)21-14(23)13-11(2)19-16(25)20-13/h12H,5-10H2,1-4H3,(H,21,23)(H2,19,20,25). The molecule has 1 aliphatic carbocycles. The summed E-state index contributed by atoms with van der Waals surface area (Å²) in [5.74, 6) is -0.358. The molecule has 1 aromatic heterocycles. The Morgan fingerprint density at radius 1 is 1.31 bits per heavy atom. The summed E-state index contributed by atoms with van der Waals surface area (Å²) in [5.41, 5.74) is -0.291. The van der Waals surface area contributed by atoms with Crippen molar-refractivity contribution in [1.29, 1.82) is 0 Å². The Bertz CT molecular complexity index is 763. The molecule has 3 rings (SSSR count). The lowest BCUT2D eigenvalue weighted by Gasteiger charge is -2.28. The van der Waals surface area contributed by atoms with Crippen LogP contribution in [0.15, 0.2) is 4.79 Å². The van der Waals surface area contributed by atoms with Crippen LogP contribution in [-0.4, -0.2) is 57.5 Å². The van der Waals surface area contributed by atoms with Crippen molar-refractivity contribution < 1.29 is 14.3 Å². The van der Waals surface area contributed by atoms with Gasteiger partial charge in [-0.1, -0.05) is 6.92 Å². The Morgan fingerprint density at radius 2 is 2.00 bits per heavy atom. The van der Waals surface area contributed by atoms with Gasteiger partial charge in [-0.15, -0.1) is 0 Å². The molecule has 1 saturated heterocycles. The second-order valence-electron chi connectivity index (χ2n) is 7.96. The molecule has 3 N–H and O–H groups in total. The van der Waals surface area contributed by atoms with Gasteiger partial charge >= 0.3 is 5.69 Å². The Labute approximate surface area is 152 Å². The molecular weight excluding hydrogens is 336 g/mol. The smallest absolute Gasteiger partial charge is 0.323 e. The van der Waals surface area contributed by atoms with E-state index in [-0.39, 0.29) is 23.1 Å². The molecule has 2 unspecified atom stereocenters. The Hall–Kier alpha value is -2.09. The number of rotatable bonds is 6. The van der Waals surface area contributed by atoms with Gasteiger partial charge in [0.05, 0.1) is 11.1 Å². The van der Waals surface area contributed by atoms with E-state index in [4.69, 9.17) is 4.74 Å². The number of hydrogen-bond acceptors (Lipinski definition) is 4. The fourth-order valence-corrected chi connectivity index (χ4v) is 3.58.